The zero-order valence-corrected chi connectivity index (χ0v) is 33.8. The van der Waals surface area contributed by atoms with Gasteiger partial charge >= 0.3 is 0 Å². The molecule has 2 heterocycles. The molecule has 0 atom stereocenters. The van der Waals surface area contributed by atoms with Crippen molar-refractivity contribution in [3.8, 4) is 67.5 Å². The maximum Gasteiger partial charge on any atom is 0.165 e. The second kappa shape index (κ2) is 14.5. The van der Waals surface area contributed by atoms with Gasteiger partial charge in [0.25, 0.3) is 0 Å². The molecule has 4 heteroatoms. The zero-order chi connectivity index (χ0) is 40.3. The molecule has 3 nitrogen and oxygen atoms in total. The van der Waals surface area contributed by atoms with Crippen LogP contribution in [0.4, 0.5) is 0 Å². The van der Waals surface area contributed by atoms with Crippen molar-refractivity contribution in [2.24, 2.45) is 0 Å². The molecule has 12 aromatic rings. The normalized spacial score (nSPS) is 11.6. The Morgan fingerprint density at radius 1 is 0.279 bits per heavy atom. The van der Waals surface area contributed by atoms with Crippen LogP contribution in [0.2, 0.25) is 0 Å². The largest absolute Gasteiger partial charge is 0.208 e. The minimum atomic E-state index is 0.643. The molecule has 0 saturated carbocycles. The minimum absolute atomic E-state index is 0.643. The van der Waals surface area contributed by atoms with E-state index in [-0.39, 0.29) is 0 Å². The second-order valence-corrected chi connectivity index (χ2v) is 16.5. The first kappa shape index (κ1) is 35.2. The number of hydrogen-bond acceptors (Lipinski definition) is 4. The Balaban J connectivity index is 1.11. The average Bonchev–Trinajstić information content (AvgIpc) is 3.73. The number of benzene rings is 10. The third-order valence-corrected chi connectivity index (χ3v) is 13.2. The summed E-state index contributed by atoms with van der Waals surface area (Å²) < 4.78 is 2.42. The van der Waals surface area contributed by atoms with Crippen molar-refractivity contribution in [3.05, 3.63) is 212 Å². The van der Waals surface area contributed by atoms with Crippen LogP contribution < -0.4 is 0 Å². The topological polar surface area (TPSA) is 38.7 Å². The molecule has 0 bridgehead atoms. The summed E-state index contributed by atoms with van der Waals surface area (Å²) in [5.74, 6) is 1.95. The first-order chi connectivity index (χ1) is 30.2. The zero-order valence-electron chi connectivity index (χ0n) is 33.0. The minimum Gasteiger partial charge on any atom is -0.208 e. The standard InChI is InChI=1S/C57H35N3S/c1-3-16-36(17-4-1)41-21-9-10-22-42(41)39-30-31-40-35-51(45-25-12-11-24-44(45)50(40)34-39)47-33-32-37-18-7-8-23-43(37)53(47)57-59-55(38-19-5-2-6-20-38)58-56(60-57)49-28-15-27-48-46-26-13-14-29-52(46)61-54(48)49/h1-35H. The molecule has 0 saturated heterocycles. The summed E-state index contributed by atoms with van der Waals surface area (Å²) in [6, 6.07) is 75.9. The van der Waals surface area contributed by atoms with Crippen LogP contribution in [0.5, 0.6) is 0 Å². The van der Waals surface area contributed by atoms with Crippen LogP contribution in [0, 0.1) is 0 Å². The Labute approximate surface area is 356 Å². The SMILES string of the molecule is c1ccc(-c2nc(-c3c(-c4cc5ccc(-c6ccccc6-c6ccccc6)cc5c5ccccc45)ccc4ccccc34)nc(-c3cccc4c3sc3ccccc34)n2)cc1. The Bertz CT molecular complexity index is 3650. The molecular formula is C57H35N3S. The van der Waals surface area contributed by atoms with Crippen LogP contribution in [-0.2, 0) is 0 Å². The summed E-state index contributed by atoms with van der Waals surface area (Å²) in [5.41, 5.74) is 9.98. The van der Waals surface area contributed by atoms with Crippen molar-refractivity contribution in [2.45, 2.75) is 0 Å². The molecule has 0 amide bonds. The van der Waals surface area contributed by atoms with Crippen molar-refractivity contribution < 1.29 is 0 Å². The van der Waals surface area contributed by atoms with Gasteiger partial charge in [0.2, 0.25) is 0 Å². The van der Waals surface area contributed by atoms with Crippen LogP contribution >= 0.6 is 11.3 Å². The molecule has 2 aromatic heterocycles. The number of rotatable bonds is 6. The number of thiophene rings is 1. The van der Waals surface area contributed by atoms with E-state index in [1.165, 1.54) is 64.0 Å². The van der Waals surface area contributed by atoms with Crippen LogP contribution in [0.25, 0.3) is 120 Å². The molecule has 12 rings (SSSR count). The van der Waals surface area contributed by atoms with Gasteiger partial charge < -0.3 is 0 Å². The lowest BCUT2D eigenvalue weighted by molar-refractivity contribution is 1.08. The maximum absolute atomic E-state index is 5.46. The Morgan fingerprint density at radius 3 is 1.69 bits per heavy atom. The molecule has 0 spiro atoms. The molecule has 0 radical (unpaired) electrons. The van der Waals surface area contributed by atoms with E-state index in [4.69, 9.17) is 15.0 Å². The second-order valence-electron chi connectivity index (χ2n) is 15.5. The first-order valence-electron chi connectivity index (χ1n) is 20.6. The smallest absolute Gasteiger partial charge is 0.165 e. The van der Waals surface area contributed by atoms with Crippen molar-refractivity contribution in [1.82, 2.24) is 15.0 Å². The predicted octanol–water partition coefficient (Wildman–Crippen LogP) is 15.7. The van der Waals surface area contributed by atoms with Gasteiger partial charge in [-0.05, 0) is 90.0 Å². The fraction of sp³-hybridized carbons (Fsp3) is 0. The van der Waals surface area contributed by atoms with E-state index >= 15 is 0 Å². The van der Waals surface area contributed by atoms with Crippen molar-refractivity contribution in [3.63, 3.8) is 0 Å². The summed E-state index contributed by atoms with van der Waals surface area (Å²) in [5, 5.41) is 9.43. The fourth-order valence-corrected chi connectivity index (χ4v) is 10.3. The molecule has 0 N–H and O–H groups in total. The maximum atomic E-state index is 5.46. The lowest BCUT2D eigenvalue weighted by Gasteiger charge is -2.18. The van der Waals surface area contributed by atoms with E-state index in [2.05, 4.69) is 194 Å². The van der Waals surface area contributed by atoms with Gasteiger partial charge in [0, 0.05) is 36.9 Å². The van der Waals surface area contributed by atoms with Crippen LogP contribution in [0.3, 0.4) is 0 Å². The predicted molar refractivity (Wildman–Crippen MR) is 258 cm³/mol. The van der Waals surface area contributed by atoms with E-state index in [1.54, 1.807) is 11.3 Å². The summed E-state index contributed by atoms with van der Waals surface area (Å²) in [7, 11) is 0. The van der Waals surface area contributed by atoms with Gasteiger partial charge in [0.1, 0.15) is 0 Å². The molecule has 0 aliphatic rings. The van der Waals surface area contributed by atoms with Gasteiger partial charge in [0.15, 0.2) is 17.5 Å². The highest BCUT2D eigenvalue weighted by Crippen LogP contribution is 2.45. The highest BCUT2D eigenvalue weighted by molar-refractivity contribution is 7.26. The number of fused-ring (bicyclic) bond motifs is 7. The van der Waals surface area contributed by atoms with Gasteiger partial charge in [-0.15, -0.1) is 11.3 Å². The summed E-state index contributed by atoms with van der Waals surface area (Å²) in [6.45, 7) is 0. The van der Waals surface area contributed by atoms with Gasteiger partial charge in [-0.2, -0.15) is 0 Å². The molecule has 10 aromatic carbocycles. The quantitative estimate of drug-likeness (QED) is 0.157. The van der Waals surface area contributed by atoms with E-state index in [0.29, 0.717) is 17.5 Å². The molecule has 284 valence electrons. The Hall–Kier alpha value is -7.79. The summed E-state index contributed by atoms with van der Waals surface area (Å²) >= 11 is 1.79. The van der Waals surface area contributed by atoms with Crippen molar-refractivity contribution in [2.75, 3.05) is 0 Å². The van der Waals surface area contributed by atoms with Crippen molar-refractivity contribution in [1.29, 1.82) is 0 Å². The number of nitrogens with zero attached hydrogens (tertiary/aromatic N) is 3. The highest BCUT2D eigenvalue weighted by Gasteiger charge is 2.22. The number of aromatic nitrogens is 3. The fourth-order valence-electron chi connectivity index (χ4n) is 9.08. The van der Waals surface area contributed by atoms with E-state index in [0.717, 1.165) is 38.6 Å². The number of hydrogen-bond donors (Lipinski definition) is 0. The summed E-state index contributed by atoms with van der Waals surface area (Å²) in [4.78, 5) is 16.1. The Morgan fingerprint density at radius 2 is 0.869 bits per heavy atom. The molecule has 61 heavy (non-hydrogen) atoms. The highest BCUT2D eigenvalue weighted by atomic mass is 32.1. The van der Waals surface area contributed by atoms with Gasteiger partial charge in [0.05, 0.1) is 0 Å². The molecule has 0 unspecified atom stereocenters. The lowest BCUT2D eigenvalue weighted by Crippen LogP contribution is -2.02. The monoisotopic (exact) mass is 793 g/mol. The van der Waals surface area contributed by atoms with Gasteiger partial charge in [-0.1, -0.05) is 188 Å². The third kappa shape index (κ3) is 5.99. The van der Waals surface area contributed by atoms with Crippen LogP contribution in [0.15, 0.2) is 212 Å². The van der Waals surface area contributed by atoms with Crippen LogP contribution in [0.1, 0.15) is 0 Å². The molecular weight excluding hydrogens is 759 g/mol. The van der Waals surface area contributed by atoms with E-state index in [9.17, 15) is 0 Å². The van der Waals surface area contributed by atoms with Crippen molar-refractivity contribution >= 4 is 63.8 Å². The molecule has 0 aliphatic carbocycles. The third-order valence-electron chi connectivity index (χ3n) is 11.9. The lowest BCUT2D eigenvalue weighted by atomic mass is 9.87. The summed E-state index contributed by atoms with van der Waals surface area (Å²) in [6.07, 6.45) is 0. The van der Waals surface area contributed by atoms with E-state index in [1.807, 2.05) is 18.2 Å². The molecule has 0 fully saturated rings. The van der Waals surface area contributed by atoms with E-state index < -0.39 is 0 Å². The van der Waals surface area contributed by atoms with Crippen LogP contribution in [-0.4, -0.2) is 15.0 Å². The molecule has 0 aliphatic heterocycles. The van der Waals surface area contributed by atoms with Gasteiger partial charge in [-0.3, -0.25) is 0 Å². The Kier molecular flexibility index (Phi) is 8.36. The average molecular weight is 794 g/mol. The first-order valence-corrected chi connectivity index (χ1v) is 21.4. The van der Waals surface area contributed by atoms with Gasteiger partial charge in [-0.25, -0.2) is 15.0 Å².